The summed E-state index contributed by atoms with van der Waals surface area (Å²) in [7, 11) is 0. The van der Waals surface area contributed by atoms with Gasteiger partial charge in [-0.2, -0.15) is 0 Å². The number of Topliss-reactive ketones (excluding diaryl/α,β-unsaturated/α-hetero) is 1. The van der Waals surface area contributed by atoms with E-state index >= 15 is 0 Å². The highest BCUT2D eigenvalue weighted by molar-refractivity contribution is 7.18. The van der Waals surface area contributed by atoms with E-state index in [1.807, 2.05) is 54.3 Å². The summed E-state index contributed by atoms with van der Waals surface area (Å²) in [5, 5.41) is 4.09. The molecule has 3 aromatic rings. The van der Waals surface area contributed by atoms with Gasteiger partial charge in [0.15, 0.2) is 5.78 Å². The average molecular weight is 460 g/mol. The van der Waals surface area contributed by atoms with E-state index in [0.29, 0.717) is 18.7 Å². The number of nitrogens with zero attached hydrogens (tertiary/aromatic N) is 2. The summed E-state index contributed by atoms with van der Waals surface area (Å²) in [6, 6.07) is 13.3. The van der Waals surface area contributed by atoms with E-state index in [4.69, 9.17) is 0 Å². The maximum atomic E-state index is 13.2. The Kier molecular flexibility index (Phi) is 4.66. The van der Waals surface area contributed by atoms with E-state index in [2.05, 4.69) is 10.3 Å². The average Bonchev–Trinajstić information content (AvgIpc) is 3.21. The van der Waals surface area contributed by atoms with Gasteiger partial charge < -0.3 is 10.2 Å². The second-order valence-corrected chi connectivity index (χ2v) is 10.9. The highest BCUT2D eigenvalue weighted by Crippen LogP contribution is 2.60. The van der Waals surface area contributed by atoms with E-state index in [9.17, 15) is 14.4 Å². The number of hydrogen-bond donors (Lipinski definition) is 1. The summed E-state index contributed by atoms with van der Waals surface area (Å²) in [6.45, 7) is 3.29. The topological polar surface area (TPSA) is 79.4 Å². The van der Waals surface area contributed by atoms with Crippen LogP contribution in [0.15, 0.2) is 42.5 Å². The minimum Gasteiger partial charge on any atom is -0.342 e. The lowest BCUT2D eigenvalue weighted by atomic mass is 9.89. The third-order valence-corrected chi connectivity index (χ3v) is 8.62. The van der Waals surface area contributed by atoms with Crippen molar-refractivity contribution < 1.29 is 14.4 Å². The Bertz CT molecular complexity index is 1310. The zero-order chi connectivity index (χ0) is 22.7. The number of thiazole rings is 1. The zero-order valence-corrected chi connectivity index (χ0v) is 19.3. The van der Waals surface area contributed by atoms with Crippen LogP contribution in [0, 0.1) is 18.3 Å². The summed E-state index contributed by atoms with van der Waals surface area (Å²) in [6.07, 6.45) is 2.82. The quantitative estimate of drug-likeness (QED) is 0.624. The normalized spacial score (nSPS) is 23.1. The first-order chi connectivity index (χ1) is 15.9. The number of nitrogens with one attached hydrogen (secondary N) is 1. The molecule has 2 heterocycles. The predicted octanol–water partition coefficient (Wildman–Crippen LogP) is 4.54. The maximum Gasteiger partial charge on any atom is 0.230 e. The van der Waals surface area contributed by atoms with Crippen molar-refractivity contribution >= 4 is 44.8 Å². The largest absolute Gasteiger partial charge is 0.342 e. The van der Waals surface area contributed by atoms with Crippen molar-refractivity contribution in [3.63, 3.8) is 0 Å². The molecule has 1 saturated carbocycles. The Hall–Kier alpha value is -3.06. The third kappa shape index (κ3) is 3.46. The molecular weight excluding hydrogens is 434 g/mol. The molecule has 2 fully saturated rings. The van der Waals surface area contributed by atoms with Crippen LogP contribution in [0.1, 0.15) is 52.5 Å². The zero-order valence-electron chi connectivity index (χ0n) is 18.5. The molecule has 2 aromatic carbocycles. The smallest absolute Gasteiger partial charge is 0.230 e. The molecule has 7 heteroatoms. The highest BCUT2D eigenvalue weighted by Gasteiger charge is 2.59. The number of amides is 2. The number of hydrogen-bond acceptors (Lipinski definition) is 5. The van der Waals surface area contributed by atoms with Gasteiger partial charge in [0.2, 0.25) is 11.8 Å². The van der Waals surface area contributed by atoms with Crippen LogP contribution in [-0.2, 0) is 9.59 Å². The molecule has 2 unspecified atom stereocenters. The first-order valence-electron chi connectivity index (χ1n) is 11.5. The van der Waals surface area contributed by atoms with Gasteiger partial charge >= 0.3 is 0 Å². The molecule has 3 aliphatic rings. The summed E-state index contributed by atoms with van der Waals surface area (Å²) in [4.78, 5) is 44.8. The Morgan fingerprint density at radius 2 is 1.94 bits per heavy atom. The Morgan fingerprint density at radius 1 is 1.15 bits per heavy atom. The number of likely N-dealkylation sites (tertiary alicyclic amines) is 1. The minimum absolute atomic E-state index is 0.00333. The summed E-state index contributed by atoms with van der Waals surface area (Å²) < 4.78 is 1.12. The number of aryl methyl sites for hydroxylation is 1. The Morgan fingerprint density at radius 3 is 2.76 bits per heavy atom. The van der Waals surface area contributed by atoms with E-state index in [0.717, 1.165) is 45.7 Å². The molecule has 33 heavy (non-hydrogen) atoms. The van der Waals surface area contributed by atoms with Crippen LogP contribution in [0.2, 0.25) is 0 Å². The van der Waals surface area contributed by atoms with Gasteiger partial charge in [0.1, 0.15) is 0 Å². The third-order valence-electron chi connectivity index (χ3n) is 7.66. The number of piperidine rings is 1. The number of carbonyl (C=O) groups is 3. The van der Waals surface area contributed by atoms with Crippen LogP contribution < -0.4 is 5.32 Å². The molecule has 6 nitrogen and oxygen atoms in total. The predicted molar refractivity (Wildman–Crippen MR) is 127 cm³/mol. The maximum absolute atomic E-state index is 13.2. The lowest BCUT2D eigenvalue weighted by Crippen LogP contribution is -2.42. The first kappa shape index (κ1) is 20.5. The first-order valence-corrected chi connectivity index (χ1v) is 12.3. The SMILES string of the molecule is Cc1nc2cc(NC(=O)C3CC34CCN(C(=O)C3CC(=O)c5ccccc53)CC4)ccc2s1. The van der Waals surface area contributed by atoms with Gasteiger partial charge in [-0.1, -0.05) is 24.3 Å². The number of ketones is 1. The Balaban J connectivity index is 1.08. The van der Waals surface area contributed by atoms with Crippen LogP contribution in [0.25, 0.3) is 10.2 Å². The molecule has 0 radical (unpaired) electrons. The van der Waals surface area contributed by atoms with E-state index in [-0.39, 0.29) is 41.3 Å². The molecule has 168 valence electrons. The minimum atomic E-state index is -0.356. The molecule has 2 atom stereocenters. The van der Waals surface area contributed by atoms with E-state index in [1.165, 1.54) is 0 Å². The van der Waals surface area contributed by atoms with E-state index < -0.39 is 0 Å². The van der Waals surface area contributed by atoms with Gasteiger partial charge in [-0.3, -0.25) is 14.4 Å². The van der Waals surface area contributed by atoms with Gasteiger partial charge in [0, 0.05) is 36.7 Å². The Labute approximate surface area is 196 Å². The van der Waals surface area contributed by atoms with Crippen molar-refractivity contribution in [1.82, 2.24) is 9.88 Å². The van der Waals surface area contributed by atoms with Crippen LogP contribution in [0.3, 0.4) is 0 Å². The van der Waals surface area contributed by atoms with Crippen LogP contribution in [-0.4, -0.2) is 40.6 Å². The molecule has 2 amide bonds. The van der Waals surface area contributed by atoms with Gasteiger partial charge in [0.05, 0.1) is 21.1 Å². The number of fused-ring (bicyclic) bond motifs is 2. The standard InChI is InChI=1S/C26H25N3O3S/c1-15-27-21-12-16(6-7-23(21)33-15)28-24(31)20-14-26(20)8-10-29(11-9-26)25(32)19-13-22(30)18-5-3-2-4-17(18)19/h2-7,12,19-20H,8-11,13-14H2,1H3,(H,28,31). The fourth-order valence-corrected chi connectivity index (χ4v) is 6.50. The van der Waals surface area contributed by atoms with Crippen molar-refractivity contribution in [2.24, 2.45) is 11.3 Å². The monoisotopic (exact) mass is 459 g/mol. The summed E-state index contributed by atoms with van der Waals surface area (Å²) in [5.41, 5.74) is 3.26. The fourth-order valence-electron chi connectivity index (χ4n) is 5.69. The second-order valence-electron chi connectivity index (χ2n) is 9.62. The summed E-state index contributed by atoms with van der Waals surface area (Å²) in [5.74, 6) is -0.183. The number of rotatable bonds is 3. The number of carbonyl (C=O) groups excluding carboxylic acids is 3. The lowest BCUT2D eigenvalue weighted by Gasteiger charge is -2.34. The van der Waals surface area contributed by atoms with Crippen molar-refractivity contribution in [2.45, 2.75) is 38.5 Å². The van der Waals surface area contributed by atoms with E-state index in [1.54, 1.807) is 11.3 Å². The molecule has 2 aliphatic carbocycles. The molecule has 1 saturated heterocycles. The fraction of sp³-hybridized carbons (Fsp3) is 0.385. The number of benzene rings is 2. The number of anilines is 1. The summed E-state index contributed by atoms with van der Waals surface area (Å²) >= 11 is 1.65. The second kappa shape index (κ2) is 7.48. The molecule has 1 N–H and O–H groups in total. The van der Waals surface area contributed by atoms with Crippen molar-refractivity contribution in [2.75, 3.05) is 18.4 Å². The van der Waals surface area contributed by atoms with Gasteiger partial charge in [-0.05, 0) is 55.4 Å². The van der Waals surface area contributed by atoms with Gasteiger partial charge in [0.25, 0.3) is 0 Å². The van der Waals surface area contributed by atoms with Crippen LogP contribution >= 0.6 is 11.3 Å². The molecule has 1 spiro atoms. The lowest BCUT2D eigenvalue weighted by molar-refractivity contribution is -0.134. The molecule has 1 aliphatic heterocycles. The van der Waals surface area contributed by atoms with Crippen LogP contribution in [0.4, 0.5) is 5.69 Å². The van der Waals surface area contributed by atoms with Crippen molar-refractivity contribution in [1.29, 1.82) is 0 Å². The van der Waals surface area contributed by atoms with Crippen molar-refractivity contribution in [3.05, 3.63) is 58.6 Å². The van der Waals surface area contributed by atoms with Crippen molar-refractivity contribution in [3.8, 4) is 0 Å². The molecule has 6 rings (SSSR count). The van der Waals surface area contributed by atoms with Gasteiger partial charge in [-0.25, -0.2) is 4.98 Å². The van der Waals surface area contributed by atoms with Crippen LogP contribution in [0.5, 0.6) is 0 Å². The number of aromatic nitrogens is 1. The molecular formula is C26H25N3O3S. The van der Waals surface area contributed by atoms with Gasteiger partial charge in [-0.15, -0.1) is 11.3 Å². The highest BCUT2D eigenvalue weighted by atomic mass is 32.1. The molecule has 0 bridgehead atoms. The molecule has 1 aromatic heterocycles.